The molecule has 0 aliphatic heterocycles. The lowest BCUT2D eigenvalue weighted by Crippen LogP contribution is -1.94. The molecule has 1 aromatic carbocycles. The highest BCUT2D eigenvalue weighted by Gasteiger charge is 2.15. The van der Waals surface area contributed by atoms with E-state index in [0.29, 0.717) is 5.52 Å². The van der Waals surface area contributed by atoms with Gasteiger partial charge in [0.05, 0.1) is 12.5 Å². The van der Waals surface area contributed by atoms with Crippen molar-refractivity contribution in [2.24, 2.45) is 7.05 Å². The van der Waals surface area contributed by atoms with Gasteiger partial charge in [-0.2, -0.15) is 5.10 Å². The first kappa shape index (κ1) is 10.9. The lowest BCUT2D eigenvalue weighted by Gasteiger charge is -2.08. The molecule has 2 aromatic rings. The number of hydrogen-bond acceptors (Lipinski definition) is 2. The predicted octanol–water partition coefficient (Wildman–Crippen LogP) is 2.67. The number of benzene rings is 1. The normalized spacial score (nSPS) is 11.0. The maximum absolute atomic E-state index is 13.8. The first-order valence-corrected chi connectivity index (χ1v) is 5.36. The SMILES string of the molecule is CCCc1cc(F)c2nn(C)cc2c1OC. The van der Waals surface area contributed by atoms with E-state index in [1.165, 1.54) is 6.07 Å². The minimum Gasteiger partial charge on any atom is -0.496 e. The van der Waals surface area contributed by atoms with Crippen molar-refractivity contribution >= 4 is 10.9 Å². The van der Waals surface area contributed by atoms with E-state index in [-0.39, 0.29) is 5.82 Å². The fourth-order valence-corrected chi connectivity index (χ4v) is 1.99. The van der Waals surface area contributed by atoms with Crippen molar-refractivity contribution in [3.63, 3.8) is 0 Å². The van der Waals surface area contributed by atoms with Gasteiger partial charge in [-0.25, -0.2) is 4.39 Å². The summed E-state index contributed by atoms with van der Waals surface area (Å²) in [5, 5.41) is 4.83. The van der Waals surface area contributed by atoms with Gasteiger partial charge < -0.3 is 4.74 Å². The fraction of sp³-hybridized carbons (Fsp3) is 0.417. The molecule has 3 nitrogen and oxygen atoms in total. The lowest BCUT2D eigenvalue weighted by molar-refractivity contribution is 0.413. The van der Waals surface area contributed by atoms with Crippen LogP contribution >= 0.6 is 0 Å². The first-order chi connectivity index (χ1) is 7.67. The molecule has 0 aliphatic carbocycles. The lowest BCUT2D eigenvalue weighted by atomic mass is 10.1. The van der Waals surface area contributed by atoms with Crippen molar-refractivity contribution in [1.82, 2.24) is 9.78 Å². The molecule has 0 fully saturated rings. The van der Waals surface area contributed by atoms with Crippen LogP contribution in [0.25, 0.3) is 10.9 Å². The zero-order valence-electron chi connectivity index (χ0n) is 9.75. The number of rotatable bonds is 3. The van der Waals surface area contributed by atoms with Gasteiger partial charge in [0.15, 0.2) is 5.82 Å². The van der Waals surface area contributed by atoms with Crippen LogP contribution in [0.2, 0.25) is 0 Å². The van der Waals surface area contributed by atoms with Gasteiger partial charge in [0.25, 0.3) is 0 Å². The number of nitrogens with zero attached hydrogens (tertiary/aromatic N) is 2. The molecule has 4 heteroatoms. The molecule has 1 heterocycles. The number of halogens is 1. The van der Waals surface area contributed by atoms with Crippen LogP contribution < -0.4 is 4.74 Å². The molecule has 16 heavy (non-hydrogen) atoms. The highest BCUT2D eigenvalue weighted by molar-refractivity contribution is 5.86. The van der Waals surface area contributed by atoms with Crippen LogP contribution in [0.3, 0.4) is 0 Å². The van der Waals surface area contributed by atoms with E-state index >= 15 is 0 Å². The van der Waals surface area contributed by atoms with Gasteiger partial charge in [0, 0.05) is 13.2 Å². The standard InChI is InChI=1S/C12H15FN2O/c1-4-5-8-6-10(13)11-9(12(8)16-3)7-15(2)14-11/h6-7H,4-5H2,1-3H3. The summed E-state index contributed by atoms with van der Waals surface area (Å²) in [5.74, 6) is 0.464. The summed E-state index contributed by atoms with van der Waals surface area (Å²) in [7, 11) is 3.39. The minimum absolute atomic E-state index is 0.278. The summed E-state index contributed by atoms with van der Waals surface area (Å²) in [4.78, 5) is 0. The van der Waals surface area contributed by atoms with Crippen molar-refractivity contribution in [1.29, 1.82) is 0 Å². The molecule has 0 bridgehead atoms. The van der Waals surface area contributed by atoms with E-state index in [9.17, 15) is 4.39 Å². The Morgan fingerprint density at radius 1 is 1.50 bits per heavy atom. The summed E-state index contributed by atoms with van der Waals surface area (Å²) < 4.78 is 20.7. The van der Waals surface area contributed by atoms with Crippen LogP contribution in [0.4, 0.5) is 4.39 Å². The average Bonchev–Trinajstić information content (AvgIpc) is 2.61. The van der Waals surface area contributed by atoms with Crippen molar-refractivity contribution in [3.05, 3.63) is 23.6 Å². The first-order valence-electron chi connectivity index (χ1n) is 5.36. The highest BCUT2D eigenvalue weighted by atomic mass is 19.1. The Balaban J connectivity index is 2.73. The molecular weight excluding hydrogens is 207 g/mol. The second-order valence-corrected chi connectivity index (χ2v) is 3.87. The molecule has 0 aliphatic rings. The molecule has 1 aromatic heterocycles. The van der Waals surface area contributed by atoms with E-state index < -0.39 is 0 Å². The summed E-state index contributed by atoms with van der Waals surface area (Å²) in [6.45, 7) is 2.06. The second kappa shape index (κ2) is 4.12. The van der Waals surface area contributed by atoms with E-state index in [1.807, 2.05) is 0 Å². The van der Waals surface area contributed by atoms with E-state index in [0.717, 1.165) is 29.5 Å². The van der Waals surface area contributed by atoms with Gasteiger partial charge >= 0.3 is 0 Å². The molecule has 2 rings (SSSR count). The summed E-state index contributed by atoms with van der Waals surface area (Å²) in [6, 6.07) is 1.53. The topological polar surface area (TPSA) is 27.1 Å². The van der Waals surface area contributed by atoms with Crippen LogP contribution in [0.1, 0.15) is 18.9 Å². The summed E-state index contributed by atoms with van der Waals surface area (Å²) in [5.41, 5.74) is 1.28. The van der Waals surface area contributed by atoms with Crippen LogP contribution in [0.15, 0.2) is 12.3 Å². The zero-order valence-corrected chi connectivity index (χ0v) is 9.75. The Hall–Kier alpha value is -1.58. The number of aryl methyl sites for hydroxylation is 2. The van der Waals surface area contributed by atoms with Crippen molar-refractivity contribution < 1.29 is 9.13 Å². The molecule has 0 amide bonds. The zero-order chi connectivity index (χ0) is 11.7. The molecule has 0 spiro atoms. The Morgan fingerprint density at radius 2 is 2.25 bits per heavy atom. The largest absolute Gasteiger partial charge is 0.496 e. The smallest absolute Gasteiger partial charge is 0.151 e. The number of aromatic nitrogens is 2. The molecule has 0 unspecified atom stereocenters. The molecule has 0 atom stereocenters. The minimum atomic E-state index is -0.278. The maximum atomic E-state index is 13.8. The summed E-state index contributed by atoms with van der Waals surface area (Å²) in [6.07, 6.45) is 3.56. The predicted molar refractivity (Wildman–Crippen MR) is 61.2 cm³/mol. The van der Waals surface area contributed by atoms with E-state index in [2.05, 4.69) is 12.0 Å². The number of fused-ring (bicyclic) bond motifs is 1. The third-order valence-electron chi connectivity index (χ3n) is 2.62. The quantitative estimate of drug-likeness (QED) is 0.798. The van der Waals surface area contributed by atoms with Gasteiger partial charge in [-0.05, 0) is 18.1 Å². The second-order valence-electron chi connectivity index (χ2n) is 3.87. The van der Waals surface area contributed by atoms with Crippen molar-refractivity contribution in [3.8, 4) is 5.75 Å². The molecule has 0 saturated heterocycles. The maximum Gasteiger partial charge on any atom is 0.151 e. The monoisotopic (exact) mass is 222 g/mol. The Kier molecular flexibility index (Phi) is 2.81. The highest BCUT2D eigenvalue weighted by Crippen LogP contribution is 2.31. The third-order valence-corrected chi connectivity index (χ3v) is 2.62. The van der Waals surface area contributed by atoms with Crippen LogP contribution in [-0.4, -0.2) is 16.9 Å². The van der Waals surface area contributed by atoms with Crippen LogP contribution in [0, 0.1) is 5.82 Å². The molecule has 0 N–H and O–H groups in total. The fourth-order valence-electron chi connectivity index (χ4n) is 1.99. The number of hydrogen-bond donors (Lipinski definition) is 0. The molecule has 0 saturated carbocycles. The van der Waals surface area contributed by atoms with Crippen molar-refractivity contribution in [2.45, 2.75) is 19.8 Å². The Morgan fingerprint density at radius 3 is 2.88 bits per heavy atom. The van der Waals surface area contributed by atoms with Gasteiger partial charge in [0.1, 0.15) is 11.3 Å². The molecular formula is C12H15FN2O. The van der Waals surface area contributed by atoms with Crippen LogP contribution in [0.5, 0.6) is 5.75 Å². The summed E-state index contributed by atoms with van der Waals surface area (Å²) >= 11 is 0. The van der Waals surface area contributed by atoms with Gasteiger partial charge in [-0.3, -0.25) is 4.68 Å². The molecule has 86 valence electrons. The Labute approximate surface area is 93.8 Å². The van der Waals surface area contributed by atoms with E-state index in [4.69, 9.17) is 4.74 Å². The van der Waals surface area contributed by atoms with Gasteiger partial charge in [0.2, 0.25) is 0 Å². The van der Waals surface area contributed by atoms with Crippen molar-refractivity contribution in [2.75, 3.05) is 7.11 Å². The van der Waals surface area contributed by atoms with Gasteiger partial charge in [-0.1, -0.05) is 13.3 Å². The molecule has 0 radical (unpaired) electrons. The van der Waals surface area contributed by atoms with Gasteiger partial charge in [-0.15, -0.1) is 0 Å². The Bertz CT molecular complexity index is 519. The third kappa shape index (κ3) is 1.64. The number of ether oxygens (including phenoxy) is 1. The number of methoxy groups -OCH3 is 1. The average molecular weight is 222 g/mol. The van der Waals surface area contributed by atoms with Crippen LogP contribution in [-0.2, 0) is 13.5 Å². The van der Waals surface area contributed by atoms with E-state index in [1.54, 1.807) is 25.0 Å².